The lowest BCUT2D eigenvalue weighted by atomic mass is 10.0. The van der Waals surface area contributed by atoms with Gasteiger partial charge in [-0.25, -0.2) is 0 Å². The van der Waals surface area contributed by atoms with Gasteiger partial charge < -0.3 is 10.2 Å². The Balaban J connectivity index is 2.14. The lowest BCUT2D eigenvalue weighted by Crippen LogP contribution is -2.28. The van der Waals surface area contributed by atoms with E-state index in [2.05, 4.69) is 31.1 Å². The van der Waals surface area contributed by atoms with Crippen molar-refractivity contribution in [3.63, 3.8) is 0 Å². The van der Waals surface area contributed by atoms with Crippen LogP contribution in [0, 0.1) is 5.92 Å². The van der Waals surface area contributed by atoms with Gasteiger partial charge in [0.25, 0.3) is 0 Å². The SMILES string of the molecule is CCNC(C)CC1CCN(C)C1. The molecule has 0 amide bonds. The van der Waals surface area contributed by atoms with Crippen molar-refractivity contribution in [1.82, 2.24) is 10.2 Å². The van der Waals surface area contributed by atoms with Gasteiger partial charge >= 0.3 is 0 Å². The summed E-state index contributed by atoms with van der Waals surface area (Å²) >= 11 is 0. The summed E-state index contributed by atoms with van der Waals surface area (Å²) in [5.41, 5.74) is 0. The zero-order chi connectivity index (χ0) is 8.97. The highest BCUT2D eigenvalue weighted by atomic mass is 15.1. The van der Waals surface area contributed by atoms with E-state index in [4.69, 9.17) is 0 Å². The Morgan fingerprint density at radius 3 is 2.83 bits per heavy atom. The zero-order valence-corrected chi connectivity index (χ0v) is 8.64. The van der Waals surface area contributed by atoms with Gasteiger partial charge in [-0.3, -0.25) is 0 Å². The summed E-state index contributed by atoms with van der Waals surface area (Å²) in [6.07, 6.45) is 2.74. The van der Waals surface area contributed by atoms with E-state index >= 15 is 0 Å². The quantitative estimate of drug-likeness (QED) is 0.684. The lowest BCUT2D eigenvalue weighted by Gasteiger charge is -2.16. The van der Waals surface area contributed by atoms with Crippen molar-refractivity contribution in [2.45, 2.75) is 32.7 Å². The van der Waals surface area contributed by atoms with Gasteiger partial charge in [0.2, 0.25) is 0 Å². The van der Waals surface area contributed by atoms with E-state index in [1.54, 1.807) is 0 Å². The number of hydrogen-bond donors (Lipinski definition) is 1. The first kappa shape index (κ1) is 10.0. The van der Waals surface area contributed by atoms with Gasteiger partial charge in [0.1, 0.15) is 0 Å². The lowest BCUT2D eigenvalue weighted by molar-refractivity contribution is 0.366. The predicted molar refractivity (Wildman–Crippen MR) is 53.4 cm³/mol. The molecule has 1 fully saturated rings. The Bertz CT molecular complexity index is 125. The minimum atomic E-state index is 0.700. The molecule has 1 aliphatic rings. The molecule has 1 rings (SSSR count). The molecule has 1 N–H and O–H groups in total. The zero-order valence-electron chi connectivity index (χ0n) is 8.64. The van der Waals surface area contributed by atoms with E-state index < -0.39 is 0 Å². The van der Waals surface area contributed by atoms with E-state index in [0.717, 1.165) is 12.5 Å². The van der Waals surface area contributed by atoms with Gasteiger partial charge in [-0.2, -0.15) is 0 Å². The molecule has 0 spiro atoms. The Morgan fingerprint density at radius 1 is 1.58 bits per heavy atom. The van der Waals surface area contributed by atoms with Gasteiger partial charge in [-0.1, -0.05) is 6.92 Å². The molecule has 1 aliphatic heterocycles. The highest BCUT2D eigenvalue weighted by Crippen LogP contribution is 2.19. The molecule has 2 atom stereocenters. The van der Waals surface area contributed by atoms with Crippen LogP contribution in [0.3, 0.4) is 0 Å². The van der Waals surface area contributed by atoms with Gasteiger partial charge in [0.05, 0.1) is 0 Å². The molecule has 0 saturated carbocycles. The molecule has 0 aromatic heterocycles. The molecule has 0 aliphatic carbocycles. The van der Waals surface area contributed by atoms with E-state index in [0.29, 0.717) is 6.04 Å². The van der Waals surface area contributed by atoms with E-state index in [1.165, 1.54) is 25.9 Å². The van der Waals surface area contributed by atoms with Crippen LogP contribution in [0.2, 0.25) is 0 Å². The van der Waals surface area contributed by atoms with Crippen LogP contribution in [-0.2, 0) is 0 Å². The van der Waals surface area contributed by atoms with Crippen molar-refractivity contribution < 1.29 is 0 Å². The third-order valence-electron chi connectivity index (χ3n) is 2.73. The minimum Gasteiger partial charge on any atom is -0.315 e. The fourth-order valence-corrected chi connectivity index (χ4v) is 2.15. The van der Waals surface area contributed by atoms with Crippen LogP contribution in [-0.4, -0.2) is 37.6 Å². The summed E-state index contributed by atoms with van der Waals surface area (Å²) in [4.78, 5) is 2.43. The molecule has 12 heavy (non-hydrogen) atoms. The Morgan fingerprint density at radius 2 is 2.33 bits per heavy atom. The number of likely N-dealkylation sites (tertiary alicyclic amines) is 1. The third-order valence-corrected chi connectivity index (χ3v) is 2.73. The molecule has 1 saturated heterocycles. The molecule has 2 unspecified atom stereocenters. The van der Waals surface area contributed by atoms with Gasteiger partial charge in [0, 0.05) is 12.6 Å². The topological polar surface area (TPSA) is 15.3 Å². The normalized spacial score (nSPS) is 27.8. The highest BCUT2D eigenvalue weighted by Gasteiger charge is 2.20. The largest absolute Gasteiger partial charge is 0.315 e. The molecule has 2 nitrogen and oxygen atoms in total. The number of nitrogens with zero attached hydrogens (tertiary/aromatic N) is 1. The van der Waals surface area contributed by atoms with Crippen LogP contribution < -0.4 is 5.32 Å². The summed E-state index contributed by atoms with van der Waals surface area (Å²) in [6, 6.07) is 0.700. The smallest absolute Gasteiger partial charge is 0.00417 e. The van der Waals surface area contributed by atoms with Crippen molar-refractivity contribution in [3.05, 3.63) is 0 Å². The predicted octanol–water partition coefficient (Wildman–Crippen LogP) is 1.33. The number of rotatable bonds is 4. The summed E-state index contributed by atoms with van der Waals surface area (Å²) in [6.45, 7) is 8.17. The first-order valence-electron chi connectivity index (χ1n) is 5.14. The van der Waals surface area contributed by atoms with Crippen LogP contribution in [0.5, 0.6) is 0 Å². The second-order valence-corrected chi connectivity index (χ2v) is 4.11. The molecule has 2 heteroatoms. The average molecular weight is 170 g/mol. The first-order valence-corrected chi connectivity index (χ1v) is 5.14. The highest BCUT2D eigenvalue weighted by molar-refractivity contribution is 4.76. The van der Waals surface area contributed by atoms with Gasteiger partial charge in [0.15, 0.2) is 0 Å². The van der Waals surface area contributed by atoms with E-state index in [9.17, 15) is 0 Å². The van der Waals surface area contributed by atoms with Crippen molar-refractivity contribution in [1.29, 1.82) is 0 Å². The molecule has 0 bridgehead atoms. The Kier molecular flexibility index (Phi) is 4.02. The van der Waals surface area contributed by atoms with Gasteiger partial charge in [-0.05, 0) is 45.8 Å². The van der Waals surface area contributed by atoms with Crippen LogP contribution in [0.1, 0.15) is 26.7 Å². The first-order chi connectivity index (χ1) is 5.72. The molecular formula is C10H22N2. The number of hydrogen-bond acceptors (Lipinski definition) is 2. The van der Waals surface area contributed by atoms with Crippen LogP contribution >= 0.6 is 0 Å². The standard InChI is InChI=1S/C10H22N2/c1-4-11-9(2)7-10-5-6-12(3)8-10/h9-11H,4-8H2,1-3H3. The van der Waals surface area contributed by atoms with E-state index in [-0.39, 0.29) is 0 Å². The Hall–Kier alpha value is -0.0800. The molecular weight excluding hydrogens is 148 g/mol. The van der Waals surface area contributed by atoms with Crippen molar-refractivity contribution in [3.8, 4) is 0 Å². The fourth-order valence-electron chi connectivity index (χ4n) is 2.15. The summed E-state index contributed by atoms with van der Waals surface area (Å²) in [5.74, 6) is 0.934. The van der Waals surface area contributed by atoms with Crippen LogP contribution in [0.15, 0.2) is 0 Å². The summed E-state index contributed by atoms with van der Waals surface area (Å²) < 4.78 is 0. The fraction of sp³-hybridized carbons (Fsp3) is 1.00. The molecule has 1 heterocycles. The monoisotopic (exact) mass is 170 g/mol. The van der Waals surface area contributed by atoms with Crippen LogP contribution in [0.4, 0.5) is 0 Å². The average Bonchev–Trinajstić information content (AvgIpc) is 2.36. The van der Waals surface area contributed by atoms with Crippen molar-refractivity contribution in [2.24, 2.45) is 5.92 Å². The molecule has 0 aromatic carbocycles. The second-order valence-electron chi connectivity index (χ2n) is 4.11. The summed E-state index contributed by atoms with van der Waals surface area (Å²) in [5, 5.41) is 3.47. The molecule has 72 valence electrons. The maximum Gasteiger partial charge on any atom is 0.00417 e. The maximum absolute atomic E-state index is 3.47. The minimum absolute atomic E-state index is 0.700. The van der Waals surface area contributed by atoms with Gasteiger partial charge in [-0.15, -0.1) is 0 Å². The van der Waals surface area contributed by atoms with E-state index in [1.807, 2.05) is 0 Å². The van der Waals surface area contributed by atoms with Crippen molar-refractivity contribution >= 4 is 0 Å². The number of nitrogens with one attached hydrogen (secondary N) is 1. The third kappa shape index (κ3) is 3.11. The maximum atomic E-state index is 3.47. The second kappa shape index (κ2) is 4.83. The molecule has 0 radical (unpaired) electrons. The van der Waals surface area contributed by atoms with Crippen molar-refractivity contribution in [2.75, 3.05) is 26.7 Å². The Labute approximate surface area is 76.3 Å². The molecule has 0 aromatic rings. The summed E-state index contributed by atoms with van der Waals surface area (Å²) in [7, 11) is 2.22. The van der Waals surface area contributed by atoms with Crippen LogP contribution in [0.25, 0.3) is 0 Å².